The molecule has 0 spiro atoms. The Morgan fingerprint density at radius 1 is 1.56 bits per heavy atom. The van der Waals surface area contributed by atoms with Gasteiger partial charge in [-0.05, 0) is 13.3 Å². The number of aromatic nitrogens is 3. The van der Waals surface area contributed by atoms with E-state index in [4.69, 9.17) is 4.74 Å². The number of hydrogen-bond donors (Lipinski definition) is 1. The molecule has 0 bridgehead atoms. The van der Waals surface area contributed by atoms with Crippen LogP contribution in [0.2, 0.25) is 0 Å². The predicted octanol–water partition coefficient (Wildman–Crippen LogP) is 1.38. The van der Waals surface area contributed by atoms with Crippen molar-refractivity contribution in [3.63, 3.8) is 0 Å². The average molecular weight is 226 g/mol. The van der Waals surface area contributed by atoms with Crippen LogP contribution >= 0.6 is 0 Å². The molecule has 0 radical (unpaired) electrons. The molecule has 1 aromatic rings. The van der Waals surface area contributed by atoms with Crippen LogP contribution in [0.25, 0.3) is 0 Å². The van der Waals surface area contributed by atoms with Gasteiger partial charge < -0.3 is 10.1 Å². The topological polar surface area (TPSA) is 52.0 Å². The highest BCUT2D eigenvalue weighted by atomic mass is 16.5. The first-order valence-electron chi connectivity index (χ1n) is 5.87. The van der Waals surface area contributed by atoms with Gasteiger partial charge in [0.05, 0.1) is 19.2 Å². The van der Waals surface area contributed by atoms with Gasteiger partial charge in [-0.1, -0.05) is 13.3 Å². The van der Waals surface area contributed by atoms with E-state index in [-0.39, 0.29) is 0 Å². The van der Waals surface area contributed by atoms with Gasteiger partial charge in [-0.25, -0.2) is 9.67 Å². The predicted molar refractivity (Wildman–Crippen MR) is 63.2 cm³/mol. The van der Waals surface area contributed by atoms with Crippen LogP contribution in [0, 0.1) is 0 Å². The highest BCUT2D eigenvalue weighted by Crippen LogP contribution is 2.12. The highest BCUT2D eigenvalue weighted by Gasteiger charge is 2.09. The Morgan fingerprint density at radius 2 is 2.38 bits per heavy atom. The van der Waals surface area contributed by atoms with Gasteiger partial charge in [-0.3, -0.25) is 0 Å². The Bertz CT molecular complexity index is 287. The van der Waals surface area contributed by atoms with Crippen LogP contribution in [0.3, 0.4) is 0 Å². The van der Waals surface area contributed by atoms with Crippen molar-refractivity contribution < 1.29 is 4.74 Å². The zero-order chi connectivity index (χ0) is 11.8. The van der Waals surface area contributed by atoms with E-state index < -0.39 is 0 Å². The third-order valence-electron chi connectivity index (χ3n) is 2.54. The fourth-order valence-corrected chi connectivity index (χ4v) is 1.68. The van der Waals surface area contributed by atoms with Crippen LogP contribution in [0.4, 0.5) is 0 Å². The minimum Gasteiger partial charge on any atom is -0.383 e. The monoisotopic (exact) mass is 226 g/mol. The van der Waals surface area contributed by atoms with Crippen LogP contribution in [0.1, 0.15) is 38.6 Å². The van der Waals surface area contributed by atoms with Gasteiger partial charge in [0.1, 0.15) is 12.2 Å². The molecule has 5 nitrogen and oxygen atoms in total. The Kier molecular flexibility index (Phi) is 6.03. The van der Waals surface area contributed by atoms with E-state index in [1.54, 1.807) is 13.4 Å². The summed E-state index contributed by atoms with van der Waals surface area (Å²) in [5.41, 5.74) is 0. The molecule has 1 aromatic heterocycles. The molecule has 1 unspecified atom stereocenters. The summed E-state index contributed by atoms with van der Waals surface area (Å²) in [5.74, 6) is 0.997. The van der Waals surface area contributed by atoms with Crippen LogP contribution in [0.5, 0.6) is 0 Å². The van der Waals surface area contributed by atoms with E-state index in [2.05, 4.69) is 29.2 Å². The molecule has 1 N–H and O–H groups in total. The number of rotatable bonds is 8. The summed E-state index contributed by atoms with van der Waals surface area (Å²) in [6, 6.07) is 0.423. The largest absolute Gasteiger partial charge is 0.383 e. The summed E-state index contributed by atoms with van der Waals surface area (Å²) in [4.78, 5) is 4.27. The molecule has 5 heteroatoms. The van der Waals surface area contributed by atoms with Gasteiger partial charge >= 0.3 is 0 Å². The quantitative estimate of drug-likeness (QED) is 0.680. The van der Waals surface area contributed by atoms with Crippen LogP contribution < -0.4 is 5.32 Å². The first kappa shape index (κ1) is 13.1. The van der Waals surface area contributed by atoms with Gasteiger partial charge in [0, 0.05) is 13.7 Å². The lowest BCUT2D eigenvalue weighted by Crippen LogP contribution is -2.22. The summed E-state index contributed by atoms with van der Waals surface area (Å²) >= 11 is 0. The number of hydrogen-bond acceptors (Lipinski definition) is 4. The first-order chi connectivity index (χ1) is 7.79. The third kappa shape index (κ3) is 3.90. The van der Waals surface area contributed by atoms with E-state index in [1.807, 2.05) is 4.68 Å². The number of ether oxygens (including phenoxy) is 1. The molecule has 0 saturated carbocycles. The molecule has 1 heterocycles. The van der Waals surface area contributed by atoms with Crippen molar-refractivity contribution in [1.29, 1.82) is 0 Å². The van der Waals surface area contributed by atoms with Crippen molar-refractivity contribution in [3.05, 3.63) is 12.2 Å². The lowest BCUT2D eigenvalue weighted by atomic mass is 10.2. The van der Waals surface area contributed by atoms with E-state index in [9.17, 15) is 0 Å². The maximum absolute atomic E-state index is 4.97. The fourth-order valence-electron chi connectivity index (χ4n) is 1.68. The van der Waals surface area contributed by atoms with Gasteiger partial charge in [0.25, 0.3) is 0 Å². The SMILES string of the molecule is CCCC(C)n1ncnc1CNCCOC. The average Bonchev–Trinajstić information content (AvgIpc) is 2.73. The van der Waals surface area contributed by atoms with Gasteiger partial charge in [0.2, 0.25) is 0 Å². The molecular weight excluding hydrogens is 204 g/mol. The summed E-state index contributed by atoms with van der Waals surface area (Å²) < 4.78 is 6.98. The molecule has 0 aliphatic heterocycles. The molecule has 92 valence electrons. The minimum atomic E-state index is 0.423. The van der Waals surface area contributed by atoms with Crippen LogP contribution in [-0.2, 0) is 11.3 Å². The zero-order valence-electron chi connectivity index (χ0n) is 10.4. The molecule has 0 saturated heterocycles. The standard InChI is InChI=1S/C11H22N4O/c1-4-5-10(2)15-11(13-9-14-15)8-12-6-7-16-3/h9-10,12H,4-8H2,1-3H3. The molecular formula is C11H22N4O. The fraction of sp³-hybridized carbons (Fsp3) is 0.818. The first-order valence-corrected chi connectivity index (χ1v) is 5.87. The maximum Gasteiger partial charge on any atom is 0.141 e. The Morgan fingerprint density at radius 3 is 3.06 bits per heavy atom. The smallest absolute Gasteiger partial charge is 0.141 e. The van der Waals surface area contributed by atoms with Gasteiger partial charge in [-0.2, -0.15) is 5.10 Å². The second kappa shape index (κ2) is 7.35. The van der Waals surface area contributed by atoms with E-state index in [1.165, 1.54) is 0 Å². The molecule has 0 aliphatic carbocycles. The number of nitrogens with one attached hydrogen (secondary N) is 1. The molecule has 0 amide bonds. The molecule has 1 atom stereocenters. The van der Waals surface area contributed by atoms with E-state index in [0.29, 0.717) is 6.04 Å². The lowest BCUT2D eigenvalue weighted by Gasteiger charge is -2.13. The second-order valence-electron chi connectivity index (χ2n) is 3.93. The van der Waals surface area contributed by atoms with Crippen LogP contribution in [-0.4, -0.2) is 35.0 Å². The lowest BCUT2D eigenvalue weighted by molar-refractivity contribution is 0.198. The summed E-state index contributed by atoms with van der Waals surface area (Å²) in [6.45, 7) is 6.67. The van der Waals surface area contributed by atoms with Gasteiger partial charge in [-0.15, -0.1) is 0 Å². The van der Waals surface area contributed by atoms with E-state index in [0.717, 1.165) is 38.4 Å². The molecule has 0 aromatic carbocycles. The summed E-state index contributed by atoms with van der Waals surface area (Å²) in [6.07, 6.45) is 3.92. The van der Waals surface area contributed by atoms with Crippen molar-refractivity contribution >= 4 is 0 Å². The van der Waals surface area contributed by atoms with Crippen molar-refractivity contribution in [2.75, 3.05) is 20.3 Å². The Hall–Kier alpha value is -0.940. The molecule has 0 aliphatic rings. The van der Waals surface area contributed by atoms with E-state index >= 15 is 0 Å². The van der Waals surface area contributed by atoms with Gasteiger partial charge in [0.15, 0.2) is 0 Å². The number of nitrogens with zero attached hydrogens (tertiary/aromatic N) is 3. The Balaban J connectivity index is 2.43. The molecule has 16 heavy (non-hydrogen) atoms. The third-order valence-corrected chi connectivity index (χ3v) is 2.54. The van der Waals surface area contributed by atoms with Crippen molar-refractivity contribution in [2.24, 2.45) is 0 Å². The van der Waals surface area contributed by atoms with Crippen molar-refractivity contribution in [2.45, 2.75) is 39.3 Å². The summed E-state index contributed by atoms with van der Waals surface area (Å²) in [5, 5.41) is 7.55. The normalized spacial score (nSPS) is 12.9. The summed E-state index contributed by atoms with van der Waals surface area (Å²) in [7, 11) is 1.70. The molecule has 0 fully saturated rings. The van der Waals surface area contributed by atoms with Crippen molar-refractivity contribution in [3.8, 4) is 0 Å². The van der Waals surface area contributed by atoms with Crippen molar-refractivity contribution in [1.82, 2.24) is 20.1 Å². The second-order valence-corrected chi connectivity index (χ2v) is 3.93. The highest BCUT2D eigenvalue weighted by molar-refractivity contribution is 4.86. The Labute approximate surface area is 97.2 Å². The zero-order valence-corrected chi connectivity index (χ0v) is 10.4. The number of methoxy groups -OCH3 is 1. The molecule has 1 rings (SSSR count). The van der Waals surface area contributed by atoms with Crippen LogP contribution in [0.15, 0.2) is 6.33 Å². The maximum atomic E-state index is 4.97. The minimum absolute atomic E-state index is 0.423.